The summed E-state index contributed by atoms with van der Waals surface area (Å²) in [6.07, 6.45) is 0. The van der Waals surface area contributed by atoms with Crippen LogP contribution >= 0.6 is 0 Å². The third kappa shape index (κ3) is 1.45. The van der Waals surface area contributed by atoms with Crippen LogP contribution < -0.4 is 15.2 Å². The number of hydrogen-bond acceptors (Lipinski definition) is 4. The van der Waals surface area contributed by atoms with E-state index < -0.39 is 0 Å². The van der Waals surface area contributed by atoms with E-state index in [-0.39, 0.29) is 6.04 Å². The molecule has 0 amide bonds. The summed E-state index contributed by atoms with van der Waals surface area (Å²) in [5.74, 6) is 2.08. The van der Waals surface area contributed by atoms with E-state index in [9.17, 15) is 0 Å². The molecule has 2 atom stereocenters. The van der Waals surface area contributed by atoms with Crippen molar-refractivity contribution in [3.63, 3.8) is 0 Å². The van der Waals surface area contributed by atoms with E-state index in [4.69, 9.17) is 15.2 Å². The standard InChI is InChI=1S/C12H16N2O2/c1-14-5-9(10(13)6-14)8-3-2-4-11-12(8)16-7-15-11/h2-4,9-10H,5-7,13H2,1H3. The van der Waals surface area contributed by atoms with Crippen LogP contribution in [0.4, 0.5) is 0 Å². The molecule has 16 heavy (non-hydrogen) atoms. The fraction of sp³-hybridized carbons (Fsp3) is 0.500. The molecule has 2 unspecified atom stereocenters. The van der Waals surface area contributed by atoms with Crippen molar-refractivity contribution in [1.82, 2.24) is 4.90 Å². The number of likely N-dealkylation sites (tertiary alicyclic amines) is 1. The van der Waals surface area contributed by atoms with Crippen LogP contribution in [0.3, 0.4) is 0 Å². The Kier molecular flexibility index (Phi) is 2.26. The normalized spacial score (nSPS) is 28.6. The third-order valence-corrected chi connectivity index (χ3v) is 3.37. The lowest BCUT2D eigenvalue weighted by molar-refractivity contribution is 0.173. The van der Waals surface area contributed by atoms with Gasteiger partial charge in [-0.3, -0.25) is 0 Å². The molecule has 0 aliphatic carbocycles. The summed E-state index contributed by atoms with van der Waals surface area (Å²) in [5.41, 5.74) is 7.34. The molecule has 3 rings (SSSR count). The van der Waals surface area contributed by atoms with Gasteiger partial charge >= 0.3 is 0 Å². The Morgan fingerprint density at radius 3 is 2.94 bits per heavy atom. The first-order chi connectivity index (χ1) is 7.75. The van der Waals surface area contributed by atoms with Crippen molar-refractivity contribution >= 4 is 0 Å². The number of ether oxygens (including phenoxy) is 2. The van der Waals surface area contributed by atoms with Crippen molar-refractivity contribution in [3.05, 3.63) is 23.8 Å². The molecule has 2 heterocycles. The van der Waals surface area contributed by atoms with Gasteiger partial charge in [0.2, 0.25) is 6.79 Å². The van der Waals surface area contributed by atoms with Gasteiger partial charge in [-0.25, -0.2) is 0 Å². The van der Waals surface area contributed by atoms with E-state index in [2.05, 4.69) is 18.0 Å². The number of nitrogens with two attached hydrogens (primary N) is 1. The number of hydrogen-bond donors (Lipinski definition) is 1. The maximum absolute atomic E-state index is 6.16. The Balaban J connectivity index is 1.98. The van der Waals surface area contributed by atoms with Crippen LogP contribution in [0.1, 0.15) is 11.5 Å². The first kappa shape index (κ1) is 9.93. The molecule has 86 valence electrons. The zero-order valence-electron chi connectivity index (χ0n) is 9.35. The number of likely N-dealkylation sites (N-methyl/N-ethyl adjacent to an activating group) is 1. The quantitative estimate of drug-likeness (QED) is 0.759. The molecule has 4 heteroatoms. The molecule has 1 aromatic rings. The Labute approximate surface area is 94.9 Å². The van der Waals surface area contributed by atoms with Crippen LogP contribution in [0.25, 0.3) is 0 Å². The van der Waals surface area contributed by atoms with Gasteiger partial charge in [-0.15, -0.1) is 0 Å². The average molecular weight is 220 g/mol. The molecule has 0 radical (unpaired) electrons. The number of fused-ring (bicyclic) bond motifs is 1. The molecule has 0 aromatic heterocycles. The van der Waals surface area contributed by atoms with E-state index in [1.165, 1.54) is 5.56 Å². The van der Waals surface area contributed by atoms with Gasteiger partial charge in [0.1, 0.15) is 0 Å². The zero-order chi connectivity index (χ0) is 11.1. The highest BCUT2D eigenvalue weighted by atomic mass is 16.7. The molecule has 4 nitrogen and oxygen atoms in total. The highest BCUT2D eigenvalue weighted by Gasteiger charge is 2.33. The first-order valence-electron chi connectivity index (χ1n) is 5.58. The van der Waals surface area contributed by atoms with Gasteiger partial charge in [0.25, 0.3) is 0 Å². The molecule has 2 aliphatic heterocycles. The van der Waals surface area contributed by atoms with Crippen LogP contribution in [0.15, 0.2) is 18.2 Å². The first-order valence-corrected chi connectivity index (χ1v) is 5.58. The zero-order valence-corrected chi connectivity index (χ0v) is 9.35. The maximum Gasteiger partial charge on any atom is 0.231 e. The van der Waals surface area contributed by atoms with E-state index in [0.29, 0.717) is 12.7 Å². The lowest BCUT2D eigenvalue weighted by atomic mass is 9.94. The fourth-order valence-electron chi connectivity index (χ4n) is 2.61. The summed E-state index contributed by atoms with van der Waals surface area (Å²) < 4.78 is 10.9. The Bertz CT molecular complexity index is 408. The van der Waals surface area contributed by atoms with Gasteiger partial charge in [-0.05, 0) is 13.1 Å². The van der Waals surface area contributed by atoms with Crippen molar-refractivity contribution in [2.24, 2.45) is 5.73 Å². The van der Waals surface area contributed by atoms with E-state index in [1.807, 2.05) is 12.1 Å². The average Bonchev–Trinajstić information content (AvgIpc) is 2.84. The largest absolute Gasteiger partial charge is 0.454 e. The molecule has 2 N–H and O–H groups in total. The van der Waals surface area contributed by atoms with Crippen LogP contribution in [0.5, 0.6) is 11.5 Å². The van der Waals surface area contributed by atoms with Crippen molar-refractivity contribution in [3.8, 4) is 11.5 Å². The summed E-state index contributed by atoms with van der Waals surface area (Å²) in [4.78, 5) is 2.25. The summed E-state index contributed by atoms with van der Waals surface area (Å²) in [7, 11) is 2.10. The third-order valence-electron chi connectivity index (χ3n) is 3.37. The second kappa shape index (κ2) is 3.64. The van der Waals surface area contributed by atoms with Crippen LogP contribution in [0, 0.1) is 0 Å². The summed E-state index contributed by atoms with van der Waals surface area (Å²) in [6, 6.07) is 6.22. The highest BCUT2D eigenvalue weighted by molar-refractivity contribution is 5.50. The summed E-state index contributed by atoms with van der Waals surface area (Å²) in [5, 5.41) is 0. The van der Waals surface area contributed by atoms with Crippen LogP contribution in [0.2, 0.25) is 0 Å². The molecule has 1 saturated heterocycles. The Morgan fingerprint density at radius 1 is 1.31 bits per heavy atom. The number of nitrogens with zero attached hydrogens (tertiary/aromatic N) is 1. The molecular weight excluding hydrogens is 204 g/mol. The van der Waals surface area contributed by atoms with Crippen LogP contribution in [-0.2, 0) is 0 Å². The minimum absolute atomic E-state index is 0.181. The van der Waals surface area contributed by atoms with Crippen LogP contribution in [-0.4, -0.2) is 37.9 Å². The molecule has 1 fully saturated rings. The predicted octanol–water partition coefficient (Wildman–Crippen LogP) is 0.772. The van der Waals surface area contributed by atoms with E-state index in [1.54, 1.807) is 0 Å². The highest BCUT2D eigenvalue weighted by Crippen LogP contribution is 2.41. The fourth-order valence-corrected chi connectivity index (χ4v) is 2.61. The van der Waals surface area contributed by atoms with Gasteiger partial charge in [-0.2, -0.15) is 0 Å². The maximum atomic E-state index is 6.16. The Hall–Kier alpha value is -1.26. The molecule has 0 bridgehead atoms. The topological polar surface area (TPSA) is 47.7 Å². The minimum Gasteiger partial charge on any atom is -0.454 e. The lowest BCUT2D eigenvalue weighted by Crippen LogP contribution is -2.28. The van der Waals surface area contributed by atoms with Gasteiger partial charge < -0.3 is 20.1 Å². The van der Waals surface area contributed by atoms with Gasteiger partial charge in [0, 0.05) is 30.6 Å². The van der Waals surface area contributed by atoms with Crippen molar-refractivity contribution in [1.29, 1.82) is 0 Å². The molecule has 1 aromatic carbocycles. The lowest BCUT2D eigenvalue weighted by Gasteiger charge is -2.16. The van der Waals surface area contributed by atoms with Gasteiger partial charge in [0.15, 0.2) is 11.5 Å². The van der Waals surface area contributed by atoms with E-state index in [0.717, 1.165) is 24.6 Å². The predicted molar refractivity (Wildman–Crippen MR) is 60.8 cm³/mol. The monoisotopic (exact) mass is 220 g/mol. The molecule has 0 spiro atoms. The summed E-state index contributed by atoms with van der Waals surface area (Å²) >= 11 is 0. The number of benzene rings is 1. The van der Waals surface area contributed by atoms with Crippen molar-refractivity contribution in [2.75, 3.05) is 26.9 Å². The van der Waals surface area contributed by atoms with Gasteiger partial charge in [0.05, 0.1) is 0 Å². The van der Waals surface area contributed by atoms with Crippen molar-refractivity contribution in [2.45, 2.75) is 12.0 Å². The Morgan fingerprint density at radius 2 is 2.19 bits per heavy atom. The number of para-hydroxylation sites is 1. The van der Waals surface area contributed by atoms with E-state index >= 15 is 0 Å². The van der Waals surface area contributed by atoms with Gasteiger partial charge in [-0.1, -0.05) is 12.1 Å². The SMILES string of the molecule is CN1CC(N)C(c2cccc3c2OCO3)C1. The smallest absolute Gasteiger partial charge is 0.231 e. The summed E-state index contributed by atoms with van der Waals surface area (Å²) in [6.45, 7) is 2.25. The molecule has 0 saturated carbocycles. The minimum atomic E-state index is 0.181. The molecular formula is C12H16N2O2. The van der Waals surface area contributed by atoms with Crippen molar-refractivity contribution < 1.29 is 9.47 Å². The number of rotatable bonds is 1. The second-order valence-electron chi connectivity index (χ2n) is 4.57. The molecule has 2 aliphatic rings. The second-order valence-corrected chi connectivity index (χ2v) is 4.57.